The maximum Gasteiger partial charge on any atom is 0.490 e. The summed E-state index contributed by atoms with van der Waals surface area (Å²) in [5.74, 6) is -2.77. The minimum atomic E-state index is -5.08. The highest BCUT2D eigenvalue weighted by molar-refractivity contribution is 7.07. The highest BCUT2D eigenvalue weighted by atomic mass is 32.1. The van der Waals surface area contributed by atoms with Crippen LogP contribution in [0.2, 0.25) is 0 Å². The number of piperidine rings is 1. The van der Waals surface area contributed by atoms with Crippen molar-refractivity contribution in [2.75, 3.05) is 31.1 Å². The fraction of sp³-hybridized carbons (Fsp3) is 0.474. The molecule has 2 aromatic heterocycles. The molecule has 12 heteroatoms. The zero-order valence-corrected chi connectivity index (χ0v) is 17.2. The Morgan fingerprint density at radius 3 is 2.45 bits per heavy atom. The Balaban J connectivity index is 0.000000339. The summed E-state index contributed by atoms with van der Waals surface area (Å²) in [6.45, 7) is 3.70. The molecule has 2 aliphatic heterocycles. The van der Waals surface area contributed by atoms with Gasteiger partial charge in [0.1, 0.15) is 12.9 Å². The van der Waals surface area contributed by atoms with Gasteiger partial charge in [-0.15, -0.1) is 0 Å². The van der Waals surface area contributed by atoms with Crippen LogP contribution < -0.4 is 4.90 Å². The van der Waals surface area contributed by atoms with Gasteiger partial charge in [0.25, 0.3) is 5.91 Å². The van der Waals surface area contributed by atoms with Crippen LogP contribution in [-0.2, 0) is 20.9 Å². The predicted molar refractivity (Wildman–Crippen MR) is 106 cm³/mol. The molecule has 0 aliphatic carbocycles. The van der Waals surface area contributed by atoms with Gasteiger partial charge in [-0.1, -0.05) is 0 Å². The van der Waals surface area contributed by atoms with Gasteiger partial charge in [-0.05, 0) is 35.2 Å². The van der Waals surface area contributed by atoms with Gasteiger partial charge in [0.15, 0.2) is 0 Å². The van der Waals surface area contributed by atoms with Gasteiger partial charge < -0.3 is 14.7 Å². The molecule has 4 heterocycles. The zero-order chi connectivity index (χ0) is 22.5. The number of alkyl halides is 3. The number of aliphatic carboxylic acids is 1. The first-order valence-electron chi connectivity index (χ1n) is 9.41. The molecule has 8 nitrogen and oxygen atoms in total. The number of aromatic nitrogens is 2. The molecule has 2 saturated heterocycles. The van der Waals surface area contributed by atoms with Crippen molar-refractivity contribution in [2.45, 2.75) is 31.2 Å². The molecular formula is C19H21F3N4O4S. The van der Waals surface area contributed by atoms with E-state index < -0.39 is 12.1 Å². The number of morpholine rings is 1. The molecule has 0 atom stereocenters. The first kappa shape index (κ1) is 23.1. The van der Waals surface area contributed by atoms with Gasteiger partial charge in [0.05, 0.1) is 30.2 Å². The zero-order valence-electron chi connectivity index (χ0n) is 16.4. The Labute approximate surface area is 180 Å². The molecule has 1 spiro atoms. The molecule has 1 amide bonds. The van der Waals surface area contributed by atoms with Crippen LogP contribution in [0.15, 0.2) is 35.5 Å². The Bertz CT molecular complexity index is 872. The number of carbonyl (C=O) groups is 2. The number of carboxylic acid groups (broad SMARTS) is 1. The largest absolute Gasteiger partial charge is 0.490 e. The maximum absolute atomic E-state index is 12.2. The standard InChI is InChI=1S/C17H20N4O2S.C2HF3O2/c22-16-10-23-17(12-21(16)15-7-18-13-19-8-15)2-4-20(5-3-17)9-14-1-6-24-11-14;3-2(4,5)1(6)7/h1,6-8,11,13H,2-5,9-10,12H2;(H,6,7). The van der Waals surface area contributed by atoms with Crippen LogP contribution in [0, 0.1) is 0 Å². The van der Waals surface area contributed by atoms with E-state index in [2.05, 4.69) is 31.7 Å². The molecule has 4 rings (SSSR count). The van der Waals surface area contributed by atoms with Crippen LogP contribution in [0.1, 0.15) is 18.4 Å². The van der Waals surface area contributed by atoms with E-state index in [0.717, 1.165) is 38.2 Å². The number of thiophene rings is 1. The Morgan fingerprint density at radius 1 is 1.26 bits per heavy atom. The number of hydrogen-bond donors (Lipinski definition) is 1. The molecule has 2 fully saturated rings. The predicted octanol–water partition coefficient (Wildman–Crippen LogP) is 2.57. The molecule has 0 unspecified atom stereocenters. The summed E-state index contributed by atoms with van der Waals surface area (Å²) >= 11 is 1.74. The van der Waals surface area contributed by atoms with Gasteiger partial charge in [0, 0.05) is 19.6 Å². The van der Waals surface area contributed by atoms with Crippen LogP contribution in [0.25, 0.3) is 0 Å². The van der Waals surface area contributed by atoms with E-state index >= 15 is 0 Å². The SMILES string of the molecule is O=C(O)C(F)(F)F.O=C1COC2(CCN(Cc3ccsc3)CC2)CN1c1cncnc1. The average Bonchev–Trinajstić information content (AvgIpc) is 3.25. The fourth-order valence-electron chi connectivity index (χ4n) is 3.44. The highest BCUT2D eigenvalue weighted by Gasteiger charge is 2.42. The third kappa shape index (κ3) is 6.21. The van der Waals surface area contributed by atoms with Gasteiger partial charge in [-0.3, -0.25) is 9.69 Å². The topological polar surface area (TPSA) is 95.9 Å². The molecule has 2 aliphatic rings. The maximum atomic E-state index is 12.2. The summed E-state index contributed by atoms with van der Waals surface area (Å²) in [5.41, 5.74) is 1.89. The van der Waals surface area contributed by atoms with Crippen LogP contribution in [0.5, 0.6) is 0 Å². The van der Waals surface area contributed by atoms with Crippen LogP contribution >= 0.6 is 11.3 Å². The number of amides is 1. The minimum Gasteiger partial charge on any atom is -0.475 e. The lowest BCUT2D eigenvalue weighted by molar-refractivity contribution is -0.192. The smallest absolute Gasteiger partial charge is 0.475 e. The monoisotopic (exact) mass is 458 g/mol. The van der Waals surface area contributed by atoms with E-state index in [1.807, 2.05) is 0 Å². The molecule has 0 radical (unpaired) electrons. The van der Waals surface area contributed by atoms with E-state index in [1.54, 1.807) is 28.6 Å². The summed E-state index contributed by atoms with van der Waals surface area (Å²) < 4.78 is 37.7. The summed E-state index contributed by atoms with van der Waals surface area (Å²) in [5, 5.41) is 11.5. The van der Waals surface area contributed by atoms with Crippen LogP contribution in [-0.4, -0.2) is 69.9 Å². The number of ether oxygens (including phenoxy) is 1. The van der Waals surface area contributed by atoms with Crippen molar-refractivity contribution < 1.29 is 32.6 Å². The number of carboxylic acids is 1. The number of nitrogens with zero attached hydrogens (tertiary/aromatic N) is 4. The van der Waals surface area contributed by atoms with E-state index in [9.17, 15) is 18.0 Å². The second kappa shape index (κ2) is 9.71. The van der Waals surface area contributed by atoms with Gasteiger partial charge >= 0.3 is 12.1 Å². The number of rotatable bonds is 3. The fourth-order valence-corrected chi connectivity index (χ4v) is 4.10. The van der Waals surface area contributed by atoms with Crippen molar-refractivity contribution in [1.29, 1.82) is 0 Å². The van der Waals surface area contributed by atoms with Gasteiger partial charge in [-0.25, -0.2) is 14.8 Å². The number of hydrogen-bond acceptors (Lipinski definition) is 7. The lowest BCUT2D eigenvalue weighted by atomic mass is 9.89. The minimum absolute atomic E-state index is 0.0175. The Hall–Kier alpha value is -2.57. The molecule has 31 heavy (non-hydrogen) atoms. The average molecular weight is 458 g/mol. The third-order valence-corrected chi connectivity index (χ3v) is 5.84. The number of anilines is 1. The van der Waals surface area contributed by atoms with E-state index in [-0.39, 0.29) is 18.1 Å². The number of likely N-dealkylation sites (tertiary alicyclic amines) is 1. The lowest BCUT2D eigenvalue weighted by Crippen LogP contribution is -2.58. The Kier molecular flexibility index (Phi) is 7.23. The van der Waals surface area contributed by atoms with Crippen molar-refractivity contribution >= 4 is 28.9 Å². The van der Waals surface area contributed by atoms with Crippen molar-refractivity contribution in [2.24, 2.45) is 0 Å². The number of halogens is 3. The second-order valence-electron chi connectivity index (χ2n) is 7.26. The molecule has 1 N–H and O–H groups in total. The first-order valence-corrected chi connectivity index (χ1v) is 10.4. The summed E-state index contributed by atoms with van der Waals surface area (Å²) in [4.78, 5) is 33.4. The van der Waals surface area contributed by atoms with Gasteiger partial charge in [0.2, 0.25) is 0 Å². The quantitative estimate of drug-likeness (QED) is 0.755. The molecule has 168 valence electrons. The summed E-state index contributed by atoms with van der Waals surface area (Å²) in [6.07, 6.45) is 1.65. The highest BCUT2D eigenvalue weighted by Crippen LogP contribution is 2.33. The number of carbonyl (C=O) groups excluding carboxylic acids is 1. The van der Waals surface area contributed by atoms with Crippen molar-refractivity contribution in [1.82, 2.24) is 14.9 Å². The van der Waals surface area contributed by atoms with E-state index in [1.165, 1.54) is 11.9 Å². The third-order valence-electron chi connectivity index (χ3n) is 5.10. The summed E-state index contributed by atoms with van der Waals surface area (Å²) in [7, 11) is 0. The first-order chi connectivity index (χ1) is 14.7. The van der Waals surface area contributed by atoms with Crippen LogP contribution in [0.3, 0.4) is 0 Å². The molecule has 0 aromatic carbocycles. The Morgan fingerprint density at radius 2 is 1.90 bits per heavy atom. The molecular weight excluding hydrogens is 437 g/mol. The normalized spacial score (nSPS) is 19.1. The van der Waals surface area contributed by atoms with Gasteiger partial charge in [-0.2, -0.15) is 24.5 Å². The van der Waals surface area contributed by atoms with Crippen molar-refractivity contribution in [3.05, 3.63) is 41.1 Å². The van der Waals surface area contributed by atoms with E-state index in [0.29, 0.717) is 6.54 Å². The second-order valence-corrected chi connectivity index (χ2v) is 8.04. The summed E-state index contributed by atoms with van der Waals surface area (Å²) in [6, 6.07) is 2.18. The lowest BCUT2D eigenvalue weighted by Gasteiger charge is -2.46. The molecule has 2 aromatic rings. The molecule has 0 bridgehead atoms. The van der Waals surface area contributed by atoms with E-state index in [4.69, 9.17) is 14.6 Å². The molecule has 0 saturated carbocycles. The van der Waals surface area contributed by atoms with Crippen molar-refractivity contribution in [3.8, 4) is 0 Å². The van der Waals surface area contributed by atoms with Crippen LogP contribution in [0.4, 0.5) is 18.9 Å². The van der Waals surface area contributed by atoms with Crippen molar-refractivity contribution in [3.63, 3.8) is 0 Å².